The zero-order valence-electron chi connectivity index (χ0n) is 13.3. The van der Waals surface area contributed by atoms with Gasteiger partial charge in [-0.3, -0.25) is 9.59 Å². The molecule has 2 aliphatic rings. The molecule has 1 saturated carbocycles. The molecule has 0 saturated heterocycles. The molecule has 112 valence electrons. The summed E-state index contributed by atoms with van der Waals surface area (Å²) in [6.45, 7) is 10.4. The third kappa shape index (κ3) is 2.43. The summed E-state index contributed by atoms with van der Waals surface area (Å²) in [7, 11) is 0. The van der Waals surface area contributed by atoms with Crippen molar-refractivity contribution >= 4 is 11.8 Å². The van der Waals surface area contributed by atoms with Crippen LogP contribution < -0.4 is 0 Å². The largest absolute Gasteiger partial charge is 0.461 e. The third-order valence-electron chi connectivity index (χ3n) is 5.60. The minimum Gasteiger partial charge on any atom is -0.461 e. The maximum Gasteiger partial charge on any atom is 0.302 e. The maximum absolute atomic E-state index is 12.3. The van der Waals surface area contributed by atoms with Gasteiger partial charge < -0.3 is 4.74 Å². The molecule has 1 unspecified atom stereocenters. The highest BCUT2D eigenvalue weighted by Gasteiger charge is 2.52. The molecular weight excluding hydrogens is 252 g/mol. The first kappa shape index (κ1) is 15.3. The molecule has 3 nitrogen and oxygen atoms in total. The van der Waals surface area contributed by atoms with Crippen LogP contribution >= 0.6 is 0 Å². The summed E-state index contributed by atoms with van der Waals surface area (Å²) >= 11 is 0. The lowest BCUT2D eigenvalue weighted by Gasteiger charge is -2.54. The van der Waals surface area contributed by atoms with Crippen molar-refractivity contribution in [1.82, 2.24) is 0 Å². The van der Waals surface area contributed by atoms with E-state index in [9.17, 15) is 9.59 Å². The molecule has 0 aromatic heterocycles. The van der Waals surface area contributed by atoms with E-state index in [2.05, 4.69) is 20.8 Å². The summed E-state index contributed by atoms with van der Waals surface area (Å²) in [6, 6.07) is 0. The van der Waals surface area contributed by atoms with E-state index in [0.717, 1.165) is 17.6 Å². The molecule has 0 bridgehead atoms. The van der Waals surface area contributed by atoms with Crippen molar-refractivity contribution in [3.8, 4) is 0 Å². The summed E-state index contributed by atoms with van der Waals surface area (Å²) < 4.78 is 5.23. The lowest BCUT2D eigenvalue weighted by molar-refractivity contribution is -0.141. The SMILES string of the molecule is CC(=O)OCC1=C(C)C(=O)CC2C(C)(C)CCC[C@]12C. The van der Waals surface area contributed by atoms with Crippen molar-refractivity contribution in [1.29, 1.82) is 0 Å². The van der Waals surface area contributed by atoms with Gasteiger partial charge in [0.25, 0.3) is 0 Å². The maximum atomic E-state index is 12.3. The molecular formula is C17H26O3. The van der Waals surface area contributed by atoms with Crippen molar-refractivity contribution in [2.24, 2.45) is 16.7 Å². The van der Waals surface area contributed by atoms with Crippen LogP contribution in [0.5, 0.6) is 0 Å². The summed E-state index contributed by atoms with van der Waals surface area (Å²) in [4.78, 5) is 23.5. The Morgan fingerprint density at radius 1 is 1.30 bits per heavy atom. The first-order chi connectivity index (χ1) is 9.18. The van der Waals surface area contributed by atoms with Gasteiger partial charge >= 0.3 is 5.97 Å². The number of hydrogen-bond acceptors (Lipinski definition) is 3. The van der Waals surface area contributed by atoms with Gasteiger partial charge in [-0.15, -0.1) is 0 Å². The average molecular weight is 278 g/mol. The molecule has 0 spiro atoms. The van der Waals surface area contributed by atoms with Crippen LogP contribution in [0.3, 0.4) is 0 Å². The summed E-state index contributed by atoms with van der Waals surface area (Å²) in [5.41, 5.74) is 2.05. The van der Waals surface area contributed by atoms with Crippen LogP contribution in [0, 0.1) is 16.7 Å². The second kappa shape index (κ2) is 5.01. The Bertz CT molecular complexity index is 473. The van der Waals surface area contributed by atoms with Crippen molar-refractivity contribution in [3.05, 3.63) is 11.1 Å². The van der Waals surface area contributed by atoms with E-state index in [-0.39, 0.29) is 29.2 Å². The minimum absolute atomic E-state index is 0.00477. The quantitative estimate of drug-likeness (QED) is 0.724. The second-order valence-electron chi connectivity index (χ2n) is 7.32. The van der Waals surface area contributed by atoms with Crippen molar-refractivity contribution in [2.45, 2.75) is 60.3 Å². The van der Waals surface area contributed by atoms with E-state index in [0.29, 0.717) is 12.3 Å². The number of carbonyl (C=O) groups excluding carboxylic acids is 2. The van der Waals surface area contributed by atoms with E-state index < -0.39 is 0 Å². The standard InChI is InChI=1S/C17H26O3/c1-11-13(10-20-12(2)18)17(5)8-6-7-16(3,4)15(17)9-14(11)19/h15H,6-10H2,1-5H3/t15?,17-/m1/s1. The van der Waals surface area contributed by atoms with Crippen LogP contribution in [0.25, 0.3) is 0 Å². The number of allylic oxidation sites excluding steroid dienone is 1. The molecule has 0 radical (unpaired) electrons. The van der Waals surface area contributed by atoms with E-state index in [4.69, 9.17) is 4.74 Å². The van der Waals surface area contributed by atoms with Crippen LogP contribution in [0.4, 0.5) is 0 Å². The molecule has 2 atom stereocenters. The molecule has 0 amide bonds. The molecule has 0 heterocycles. The monoisotopic (exact) mass is 278 g/mol. The highest BCUT2D eigenvalue weighted by molar-refractivity contribution is 5.97. The van der Waals surface area contributed by atoms with E-state index >= 15 is 0 Å². The molecule has 3 heteroatoms. The summed E-state index contributed by atoms with van der Waals surface area (Å²) in [5.74, 6) is 0.300. The van der Waals surface area contributed by atoms with Crippen molar-refractivity contribution < 1.29 is 14.3 Å². The van der Waals surface area contributed by atoms with E-state index in [1.165, 1.54) is 19.8 Å². The number of ketones is 1. The number of rotatable bonds is 2. The highest BCUT2D eigenvalue weighted by atomic mass is 16.5. The van der Waals surface area contributed by atoms with Crippen molar-refractivity contribution in [2.75, 3.05) is 6.61 Å². The molecule has 0 N–H and O–H groups in total. The first-order valence-electron chi connectivity index (χ1n) is 7.55. The lowest BCUT2D eigenvalue weighted by atomic mass is 9.50. The summed E-state index contributed by atoms with van der Waals surface area (Å²) in [6.07, 6.45) is 4.06. The molecule has 0 aromatic rings. The Morgan fingerprint density at radius 2 is 1.95 bits per heavy atom. The smallest absolute Gasteiger partial charge is 0.302 e. The fourth-order valence-corrected chi connectivity index (χ4v) is 4.37. The number of Topliss-reactive ketones (excluding diaryl/α,β-unsaturated/α-hetero) is 1. The van der Waals surface area contributed by atoms with Gasteiger partial charge in [0.2, 0.25) is 0 Å². The van der Waals surface area contributed by atoms with Crippen LogP contribution in [0.15, 0.2) is 11.1 Å². The van der Waals surface area contributed by atoms with Gasteiger partial charge in [-0.2, -0.15) is 0 Å². The Kier molecular flexibility index (Phi) is 3.83. The molecule has 0 aromatic carbocycles. The Hall–Kier alpha value is -1.12. The van der Waals surface area contributed by atoms with Crippen LogP contribution in [-0.2, 0) is 14.3 Å². The summed E-state index contributed by atoms with van der Waals surface area (Å²) in [5, 5.41) is 0. The number of ether oxygens (including phenoxy) is 1. The zero-order valence-corrected chi connectivity index (χ0v) is 13.3. The Labute approximate surface area is 121 Å². The Morgan fingerprint density at radius 3 is 2.55 bits per heavy atom. The first-order valence-corrected chi connectivity index (χ1v) is 7.55. The normalized spacial score (nSPS) is 32.9. The highest BCUT2D eigenvalue weighted by Crippen LogP contribution is 2.58. The van der Waals surface area contributed by atoms with Crippen LogP contribution in [0.2, 0.25) is 0 Å². The second-order valence-corrected chi connectivity index (χ2v) is 7.32. The van der Waals surface area contributed by atoms with Crippen LogP contribution in [0.1, 0.15) is 60.3 Å². The average Bonchev–Trinajstić information content (AvgIpc) is 2.31. The van der Waals surface area contributed by atoms with E-state index in [1.807, 2.05) is 6.92 Å². The molecule has 0 aliphatic heterocycles. The van der Waals surface area contributed by atoms with E-state index in [1.54, 1.807) is 0 Å². The van der Waals surface area contributed by atoms with Gasteiger partial charge in [0.05, 0.1) is 0 Å². The van der Waals surface area contributed by atoms with Crippen molar-refractivity contribution in [3.63, 3.8) is 0 Å². The molecule has 2 rings (SSSR count). The fourth-order valence-electron chi connectivity index (χ4n) is 4.37. The molecule has 2 aliphatic carbocycles. The van der Waals surface area contributed by atoms with Gasteiger partial charge in [-0.25, -0.2) is 0 Å². The number of hydrogen-bond donors (Lipinski definition) is 0. The Balaban J connectivity index is 2.42. The third-order valence-corrected chi connectivity index (χ3v) is 5.60. The van der Waals surface area contributed by atoms with Gasteiger partial charge in [-0.05, 0) is 47.7 Å². The predicted octanol–water partition coefficient (Wildman–Crippen LogP) is 3.67. The minimum atomic E-state index is -0.279. The van der Waals surface area contributed by atoms with Gasteiger partial charge in [0.15, 0.2) is 5.78 Å². The van der Waals surface area contributed by atoms with Gasteiger partial charge in [-0.1, -0.05) is 27.2 Å². The number of esters is 1. The fraction of sp³-hybridized carbons (Fsp3) is 0.765. The topological polar surface area (TPSA) is 43.4 Å². The van der Waals surface area contributed by atoms with Gasteiger partial charge in [0, 0.05) is 13.3 Å². The lowest BCUT2D eigenvalue weighted by Crippen LogP contribution is -2.48. The zero-order chi connectivity index (χ0) is 15.1. The molecule has 20 heavy (non-hydrogen) atoms. The van der Waals surface area contributed by atoms with Gasteiger partial charge in [0.1, 0.15) is 6.61 Å². The number of fused-ring (bicyclic) bond motifs is 1. The predicted molar refractivity (Wildman–Crippen MR) is 78.2 cm³/mol. The van der Waals surface area contributed by atoms with Crippen LogP contribution in [-0.4, -0.2) is 18.4 Å². The molecule has 1 fully saturated rings. The number of carbonyl (C=O) groups is 2.